The number of hydrogen-bond acceptors (Lipinski definition) is 2. The van der Waals surface area contributed by atoms with Crippen molar-refractivity contribution in [2.75, 3.05) is 6.54 Å². The zero-order chi connectivity index (χ0) is 8.55. The van der Waals surface area contributed by atoms with E-state index in [1.165, 1.54) is 12.0 Å². The maximum atomic E-state index is 5.57. The van der Waals surface area contributed by atoms with Gasteiger partial charge in [0.05, 0.1) is 6.20 Å². The van der Waals surface area contributed by atoms with Crippen molar-refractivity contribution in [3.8, 4) is 0 Å². The number of hydrogen-bond donors (Lipinski definition) is 1. The molecule has 0 aliphatic heterocycles. The van der Waals surface area contributed by atoms with Crippen molar-refractivity contribution >= 4 is 0 Å². The second kappa shape index (κ2) is 2.90. The van der Waals surface area contributed by atoms with Gasteiger partial charge in [0.25, 0.3) is 0 Å². The molecule has 1 saturated carbocycles. The largest absolute Gasteiger partial charge is 0.330 e. The lowest BCUT2D eigenvalue weighted by molar-refractivity contribution is 0.659. The highest BCUT2D eigenvalue weighted by atomic mass is 15.3. The van der Waals surface area contributed by atoms with Gasteiger partial charge >= 0.3 is 0 Å². The molecule has 1 aliphatic rings. The van der Waals surface area contributed by atoms with Crippen LogP contribution in [0.5, 0.6) is 0 Å². The summed E-state index contributed by atoms with van der Waals surface area (Å²) < 4.78 is 1.97. The molecule has 0 saturated heterocycles. The molecule has 0 bridgehead atoms. The molecule has 1 fully saturated rings. The molecule has 1 aliphatic carbocycles. The first-order valence-electron chi connectivity index (χ1n) is 4.57. The van der Waals surface area contributed by atoms with Crippen LogP contribution >= 0.6 is 0 Å². The van der Waals surface area contributed by atoms with Gasteiger partial charge in [-0.2, -0.15) is 5.10 Å². The fourth-order valence-corrected chi connectivity index (χ4v) is 1.66. The Kier molecular flexibility index (Phi) is 1.89. The lowest BCUT2D eigenvalue weighted by atomic mass is 10.2. The van der Waals surface area contributed by atoms with E-state index < -0.39 is 0 Å². The van der Waals surface area contributed by atoms with Gasteiger partial charge in [0.2, 0.25) is 0 Å². The number of nitrogens with zero attached hydrogens (tertiary/aromatic N) is 2. The molecule has 12 heavy (non-hydrogen) atoms. The first-order valence-corrected chi connectivity index (χ1v) is 4.57. The molecule has 3 nitrogen and oxygen atoms in total. The quantitative estimate of drug-likeness (QED) is 0.725. The second-order valence-corrected chi connectivity index (χ2v) is 3.47. The van der Waals surface area contributed by atoms with Crippen LogP contribution in [0.25, 0.3) is 0 Å². The fraction of sp³-hybridized carbons (Fsp3) is 0.667. The molecule has 0 spiro atoms. The first kappa shape index (κ1) is 7.80. The highest BCUT2D eigenvalue weighted by Gasteiger charge is 2.37. The first-order chi connectivity index (χ1) is 5.85. The monoisotopic (exact) mass is 165 g/mol. The minimum atomic E-state index is 0.704. The van der Waals surface area contributed by atoms with Gasteiger partial charge in [0.15, 0.2) is 0 Å². The third-order valence-corrected chi connectivity index (χ3v) is 2.63. The van der Waals surface area contributed by atoms with Crippen molar-refractivity contribution in [3.05, 3.63) is 18.0 Å². The molecule has 1 heterocycles. The molecule has 3 heteroatoms. The molecule has 2 atom stereocenters. The average molecular weight is 165 g/mol. The van der Waals surface area contributed by atoms with Crippen LogP contribution in [0.3, 0.4) is 0 Å². The molecule has 66 valence electrons. The van der Waals surface area contributed by atoms with Gasteiger partial charge in [-0.05, 0) is 37.3 Å². The van der Waals surface area contributed by atoms with Crippen LogP contribution in [0.1, 0.15) is 24.8 Å². The summed E-state index contributed by atoms with van der Waals surface area (Å²) in [4.78, 5) is 0. The van der Waals surface area contributed by atoms with E-state index in [0.29, 0.717) is 5.92 Å². The number of rotatable bonds is 3. The number of aromatic nitrogens is 2. The predicted molar refractivity (Wildman–Crippen MR) is 47.8 cm³/mol. The molecule has 2 unspecified atom stereocenters. The van der Waals surface area contributed by atoms with Crippen LogP contribution in [0.2, 0.25) is 0 Å². The van der Waals surface area contributed by atoms with Gasteiger partial charge in [-0.25, -0.2) is 0 Å². The fourth-order valence-electron chi connectivity index (χ4n) is 1.66. The van der Waals surface area contributed by atoms with E-state index in [9.17, 15) is 0 Å². The normalized spacial score (nSPS) is 27.5. The van der Waals surface area contributed by atoms with Crippen LogP contribution in [0.15, 0.2) is 12.4 Å². The predicted octanol–water partition coefficient (Wildman–Crippen LogP) is 0.965. The zero-order valence-electron chi connectivity index (χ0n) is 7.40. The second-order valence-electron chi connectivity index (χ2n) is 3.47. The summed E-state index contributed by atoms with van der Waals surface area (Å²) in [7, 11) is 0. The van der Waals surface area contributed by atoms with E-state index in [1.807, 2.05) is 10.9 Å². The van der Waals surface area contributed by atoms with Gasteiger partial charge in [-0.3, -0.25) is 4.68 Å². The lowest BCUT2D eigenvalue weighted by Crippen LogP contribution is -2.01. The number of aryl methyl sites for hydroxylation is 1. The van der Waals surface area contributed by atoms with E-state index in [1.54, 1.807) is 0 Å². The minimum Gasteiger partial charge on any atom is -0.330 e. The highest BCUT2D eigenvalue weighted by Crippen LogP contribution is 2.46. The van der Waals surface area contributed by atoms with E-state index >= 15 is 0 Å². The summed E-state index contributed by atoms with van der Waals surface area (Å²) >= 11 is 0. The Morgan fingerprint density at radius 1 is 1.75 bits per heavy atom. The Morgan fingerprint density at radius 2 is 2.58 bits per heavy atom. The van der Waals surface area contributed by atoms with Gasteiger partial charge in [0.1, 0.15) is 0 Å². The van der Waals surface area contributed by atoms with Gasteiger partial charge in [0, 0.05) is 12.7 Å². The smallest absolute Gasteiger partial charge is 0.0524 e. The summed E-state index contributed by atoms with van der Waals surface area (Å²) in [5, 5.41) is 4.24. The highest BCUT2D eigenvalue weighted by molar-refractivity contribution is 5.20. The standard InChI is InChI=1S/C9H15N3/c1-2-12-6-8(5-11-12)9-3-7(9)4-10/h5-7,9H,2-4,10H2,1H3. The van der Waals surface area contributed by atoms with Crippen LogP contribution in [0, 0.1) is 5.92 Å². The van der Waals surface area contributed by atoms with Crippen molar-refractivity contribution in [1.82, 2.24) is 9.78 Å². The lowest BCUT2D eigenvalue weighted by Gasteiger charge is -1.92. The molecule has 1 aromatic rings. The summed E-state index contributed by atoms with van der Waals surface area (Å²) in [6, 6.07) is 0. The van der Waals surface area contributed by atoms with Crippen LogP contribution < -0.4 is 5.73 Å². The van der Waals surface area contributed by atoms with Gasteiger partial charge in [-0.1, -0.05) is 0 Å². The molecule has 1 aromatic heterocycles. The van der Waals surface area contributed by atoms with Crippen molar-refractivity contribution in [1.29, 1.82) is 0 Å². The number of nitrogens with two attached hydrogens (primary N) is 1. The molecule has 0 amide bonds. The third kappa shape index (κ3) is 1.25. The molecule has 0 aromatic carbocycles. The maximum absolute atomic E-state index is 5.57. The summed E-state index contributed by atoms with van der Waals surface area (Å²) in [6.45, 7) is 3.88. The Hall–Kier alpha value is -0.830. The van der Waals surface area contributed by atoms with E-state index in [4.69, 9.17) is 5.73 Å². The zero-order valence-corrected chi connectivity index (χ0v) is 7.40. The molecular formula is C9H15N3. The summed E-state index contributed by atoms with van der Waals surface area (Å²) in [6.07, 6.45) is 5.37. The summed E-state index contributed by atoms with van der Waals surface area (Å²) in [5.41, 5.74) is 6.94. The molecule has 0 radical (unpaired) electrons. The topological polar surface area (TPSA) is 43.8 Å². The van der Waals surface area contributed by atoms with Crippen molar-refractivity contribution in [2.24, 2.45) is 11.7 Å². The van der Waals surface area contributed by atoms with Gasteiger partial charge < -0.3 is 5.73 Å². The Balaban J connectivity index is 2.05. The van der Waals surface area contributed by atoms with Crippen LogP contribution in [0.4, 0.5) is 0 Å². The Bertz CT molecular complexity index is 266. The molecule has 2 N–H and O–H groups in total. The van der Waals surface area contributed by atoms with Crippen molar-refractivity contribution in [3.63, 3.8) is 0 Å². The van der Waals surface area contributed by atoms with E-state index in [0.717, 1.165) is 19.0 Å². The van der Waals surface area contributed by atoms with Crippen molar-refractivity contribution in [2.45, 2.75) is 25.8 Å². The summed E-state index contributed by atoms with van der Waals surface area (Å²) in [5.74, 6) is 1.43. The Morgan fingerprint density at radius 3 is 3.08 bits per heavy atom. The third-order valence-electron chi connectivity index (χ3n) is 2.63. The van der Waals surface area contributed by atoms with E-state index in [2.05, 4.69) is 18.2 Å². The minimum absolute atomic E-state index is 0.704. The average Bonchev–Trinajstić information content (AvgIpc) is 2.75. The maximum Gasteiger partial charge on any atom is 0.0524 e. The SMILES string of the molecule is CCn1cc(C2CC2CN)cn1. The molecule has 2 rings (SSSR count). The van der Waals surface area contributed by atoms with Crippen LogP contribution in [-0.4, -0.2) is 16.3 Å². The van der Waals surface area contributed by atoms with E-state index in [-0.39, 0.29) is 0 Å². The Labute approximate surface area is 72.6 Å². The van der Waals surface area contributed by atoms with Crippen LogP contribution in [-0.2, 0) is 6.54 Å². The van der Waals surface area contributed by atoms with Crippen molar-refractivity contribution < 1.29 is 0 Å². The molecular weight excluding hydrogens is 150 g/mol. The van der Waals surface area contributed by atoms with Gasteiger partial charge in [-0.15, -0.1) is 0 Å².